The second-order valence-electron chi connectivity index (χ2n) is 4.91. The van der Waals surface area contributed by atoms with Crippen molar-refractivity contribution in [3.63, 3.8) is 0 Å². The number of halogens is 5. The van der Waals surface area contributed by atoms with Crippen LogP contribution in [0.3, 0.4) is 0 Å². The maximum absolute atomic E-state index is 13.3. The molecule has 0 aliphatic heterocycles. The molecule has 128 valence electrons. The summed E-state index contributed by atoms with van der Waals surface area (Å²) in [5.41, 5.74) is -0.897. The molecule has 25 heavy (non-hydrogen) atoms. The van der Waals surface area contributed by atoms with E-state index in [4.69, 9.17) is 11.6 Å². The first-order valence-electron chi connectivity index (χ1n) is 6.93. The summed E-state index contributed by atoms with van der Waals surface area (Å²) in [5.74, 6) is -1.28. The van der Waals surface area contributed by atoms with Gasteiger partial charge in [-0.2, -0.15) is 13.2 Å². The zero-order valence-corrected chi connectivity index (χ0v) is 13.1. The second-order valence-corrected chi connectivity index (χ2v) is 5.27. The first kappa shape index (κ1) is 17.1. The van der Waals surface area contributed by atoms with Gasteiger partial charge in [-0.1, -0.05) is 23.7 Å². The van der Waals surface area contributed by atoms with Gasteiger partial charge in [0, 0.05) is 11.9 Å². The molecule has 2 aromatic heterocycles. The van der Waals surface area contributed by atoms with E-state index in [0.29, 0.717) is 0 Å². The number of aromatic nitrogens is 3. The fourth-order valence-electron chi connectivity index (χ4n) is 2.09. The van der Waals surface area contributed by atoms with Crippen LogP contribution in [0.2, 0.25) is 5.15 Å². The number of alkyl halides is 3. The summed E-state index contributed by atoms with van der Waals surface area (Å²) >= 11 is 5.75. The maximum atomic E-state index is 13.3. The fourth-order valence-corrected chi connectivity index (χ4v) is 2.36. The molecule has 3 rings (SSSR count). The van der Waals surface area contributed by atoms with Crippen molar-refractivity contribution in [2.24, 2.45) is 0 Å². The molecule has 1 aromatic carbocycles. The third-order valence-electron chi connectivity index (χ3n) is 3.13. The van der Waals surface area contributed by atoms with Gasteiger partial charge in [-0.05, 0) is 30.3 Å². The quantitative estimate of drug-likeness (QED) is 0.516. The number of benzene rings is 1. The third kappa shape index (κ3) is 3.85. The molecule has 0 fully saturated rings. The van der Waals surface area contributed by atoms with Crippen molar-refractivity contribution in [1.82, 2.24) is 15.0 Å². The van der Waals surface area contributed by atoms with E-state index in [1.54, 1.807) is 12.1 Å². The lowest BCUT2D eigenvalue weighted by Crippen LogP contribution is -2.13. The molecule has 2 heterocycles. The normalized spacial score (nSPS) is 11.4. The first-order chi connectivity index (χ1) is 11.8. The summed E-state index contributed by atoms with van der Waals surface area (Å²) in [7, 11) is 0. The highest BCUT2D eigenvalue weighted by Gasteiger charge is 2.38. The standard InChI is InChI=1S/C16H9ClF4N4/c17-13-12(16(19,20)21)15(23-10-5-3-4-9(18)8-10)25-14(24-13)11-6-1-2-7-22-11/h1-8H,(H,23,24,25). The smallest absolute Gasteiger partial charge is 0.339 e. The lowest BCUT2D eigenvalue weighted by atomic mass is 10.2. The summed E-state index contributed by atoms with van der Waals surface area (Å²) in [4.78, 5) is 11.6. The van der Waals surface area contributed by atoms with Crippen LogP contribution in [-0.2, 0) is 6.18 Å². The fraction of sp³-hybridized carbons (Fsp3) is 0.0625. The van der Waals surface area contributed by atoms with Gasteiger partial charge in [0.25, 0.3) is 0 Å². The van der Waals surface area contributed by atoms with Crippen LogP contribution in [0.25, 0.3) is 11.5 Å². The van der Waals surface area contributed by atoms with Gasteiger partial charge < -0.3 is 5.32 Å². The van der Waals surface area contributed by atoms with Crippen LogP contribution in [-0.4, -0.2) is 15.0 Å². The van der Waals surface area contributed by atoms with Crippen molar-refractivity contribution in [2.45, 2.75) is 6.18 Å². The number of nitrogens with zero attached hydrogens (tertiary/aromatic N) is 3. The minimum atomic E-state index is -4.80. The minimum Gasteiger partial charge on any atom is -0.339 e. The van der Waals surface area contributed by atoms with Crippen molar-refractivity contribution < 1.29 is 17.6 Å². The van der Waals surface area contributed by atoms with Crippen LogP contribution in [0.1, 0.15) is 5.56 Å². The molecule has 0 saturated heterocycles. The monoisotopic (exact) mass is 368 g/mol. The summed E-state index contributed by atoms with van der Waals surface area (Å²) in [6.45, 7) is 0. The Morgan fingerprint density at radius 2 is 1.80 bits per heavy atom. The number of anilines is 2. The van der Waals surface area contributed by atoms with Crippen LogP contribution < -0.4 is 5.32 Å². The second kappa shape index (κ2) is 6.64. The lowest BCUT2D eigenvalue weighted by molar-refractivity contribution is -0.137. The van der Waals surface area contributed by atoms with Crippen LogP contribution in [0.15, 0.2) is 48.7 Å². The molecule has 0 unspecified atom stereocenters. The number of hydrogen-bond acceptors (Lipinski definition) is 4. The molecule has 0 atom stereocenters. The lowest BCUT2D eigenvalue weighted by Gasteiger charge is -2.16. The number of nitrogens with one attached hydrogen (secondary N) is 1. The number of hydrogen-bond donors (Lipinski definition) is 1. The van der Waals surface area contributed by atoms with Crippen molar-refractivity contribution in [3.05, 3.63) is 65.2 Å². The molecule has 0 saturated carbocycles. The Balaban J connectivity index is 2.14. The molecule has 9 heteroatoms. The average Bonchev–Trinajstić information content (AvgIpc) is 2.54. The molecule has 0 aliphatic rings. The summed E-state index contributed by atoms with van der Waals surface area (Å²) in [6.07, 6.45) is -3.35. The average molecular weight is 369 g/mol. The van der Waals surface area contributed by atoms with Crippen LogP contribution in [0, 0.1) is 5.82 Å². The predicted octanol–water partition coefficient (Wildman–Crippen LogP) is 5.09. The van der Waals surface area contributed by atoms with Gasteiger partial charge >= 0.3 is 6.18 Å². The Kier molecular flexibility index (Phi) is 4.54. The van der Waals surface area contributed by atoms with Crippen molar-refractivity contribution in [2.75, 3.05) is 5.32 Å². The SMILES string of the molecule is Fc1cccc(Nc2nc(-c3ccccn3)nc(Cl)c2C(F)(F)F)c1. The molecule has 0 spiro atoms. The van der Waals surface area contributed by atoms with Crippen molar-refractivity contribution >= 4 is 23.1 Å². The van der Waals surface area contributed by atoms with E-state index in [2.05, 4.69) is 20.3 Å². The topological polar surface area (TPSA) is 50.7 Å². The van der Waals surface area contributed by atoms with Crippen molar-refractivity contribution in [3.8, 4) is 11.5 Å². The van der Waals surface area contributed by atoms with Gasteiger partial charge in [0.15, 0.2) is 5.82 Å². The Morgan fingerprint density at radius 3 is 2.44 bits per heavy atom. The van der Waals surface area contributed by atoms with Crippen molar-refractivity contribution in [1.29, 1.82) is 0 Å². The molecule has 0 aliphatic carbocycles. The highest BCUT2D eigenvalue weighted by Crippen LogP contribution is 2.40. The van der Waals surface area contributed by atoms with Gasteiger partial charge in [-0.3, -0.25) is 4.98 Å². The minimum absolute atomic E-state index is 0.0856. The largest absolute Gasteiger partial charge is 0.422 e. The van der Waals surface area contributed by atoms with Gasteiger partial charge in [0.2, 0.25) is 0 Å². The van der Waals surface area contributed by atoms with E-state index < -0.39 is 28.5 Å². The highest BCUT2D eigenvalue weighted by atomic mass is 35.5. The van der Waals surface area contributed by atoms with E-state index in [1.165, 1.54) is 30.5 Å². The predicted molar refractivity (Wildman–Crippen MR) is 85.0 cm³/mol. The maximum Gasteiger partial charge on any atom is 0.422 e. The molecule has 0 radical (unpaired) electrons. The molecular formula is C16H9ClF4N4. The summed E-state index contributed by atoms with van der Waals surface area (Å²) < 4.78 is 53.3. The molecule has 0 bridgehead atoms. The van der Waals surface area contributed by atoms with E-state index in [-0.39, 0.29) is 17.2 Å². The zero-order valence-electron chi connectivity index (χ0n) is 12.4. The van der Waals surface area contributed by atoms with Crippen LogP contribution in [0.4, 0.5) is 29.1 Å². The molecular weight excluding hydrogens is 360 g/mol. The van der Waals surface area contributed by atoms with Gasteiger partial charge in [-0.15, -0.1) is 0 Å². The number of rotatable bonds is 3. The molecule has 0 amide bonds. The molecule has 3 aromatic rings. The first-order valence-corrected chi connectivity index (χ1v) is 7.31. The molecule has 4 nitrogen and oxygen atoms in total. The third-order valence-corrected chi connectivity index (χ3v) is 3.40. The van der Waals surface area contributed by atoms with Gasteiger partial charge in [-0.25, -0.2) is 14.4 Å². The Hall–Kier alpha value is -2.74. The Bertz CT molecular complexity index is 900. The van der Waals surface area contributed by atoms with Crippen LogP contribution in [0.5, 0.6) is 0 Å². The summed E-state index contributed by atoms with van der Waals surface area (Å²) in [6, 6.07) is 9.77. The van der Waals surface area contributed by atoms with Gasteiger partial charge in [0.05, 0.1) is 0 Å². The Morgan fingerprint density at radius 1 is 1.00 bits per heavy atom. The number of pyridine rings is 1. The van der Waals surface area contributed by atoms with Gasteiger partial charge in [0.1, 0.15) is 28.0 Å². The highest BCUT2D eigenvalue weighted by molar-refractivity contribution is 6.30. The van der Waals surface area contributed by atoms with Crippen LogP contribution >= 0.6 is 11.6 Å². The Labute approximate surface area is 144 Å². The summed E-state index contributed by atoms with van der Waals surface area (Å²) in [5, 5.41) is 1.67. The zero-order chi connectivity index (χ0) is 18.0. The van der Waals surface area contributed by atoms with E-state index in [9.17, 15) is 17.6 Å². The van der Waals surface area contributed by atoms with E-state index in [1.807, 2.05) is 0 Å². The van der Waals surface area contributed by atoms with E-state index in [0.717, 1.165) is 6.07 Å². The molecule has 1 N–H and O–H groups in total. The van der Waals surface area contributed by atoms with E-state index >= 15 is 0 Å².